The Morgan fingerprint density at radius 1 is 1.33 bits per heavy atom. The zero-order valence-electron chi connectivity index (χ0n) is 18.0. The average Bonchev–Trinajstić information content (AvgIpc) is 2.65. The summed E-state index contributed by atoms with van der Waals surface area (Å²) in [5, 5.41) is 3.49. The molecule has 0 spiro atoms. The summed E-state index contributed by atoms with van der Waals surface area (Å²) in [6.45, 7) is 6.76. The number of nitrogens with one attached hydrogen (secondary N) is 1. The molecule has 1 atom stereocenters. The van der Waals surface area contributed by atoms with Gasteiger partial charge in [0.15, 0.2) is 0 Å². The van der Waals surface area contributed by atoms with Crippen LogP contribution in [0.5, 0.6) is 5.75 Å². The molecule has 1 N–H and O–H groups in total. The van der Waals surface area contributed by atoms with Crippen LogP contribution in [0.15, 0.2) is 18.2 Å². The summed E-state index contributed by atoms with van der Waals surface area (Å²) in [7, 11) is -3.29. The van der Waals surface area contributed by atoms with Crippen LogP contribution >= 0.6 is 11.6 Å². The summed E-state index contributed by atoms with van der Waals surface area (Å²) in [6, 6.07) is 5.28. The van der Waals surface area contributed by atoms with Crippen molar-refractivity contribution in [3.05, 3.63) is 28.8 Å². The van der Waals surface area contributed by atoms with Gasteiger partial charge < -0.3 is 15.0 Å². The second kappa shape index (κ2) is 10.0. The molecule has 2 rings (SSSR count). The Balaban J connectivity index is 2.00. The standard InChI is InChI=1S/C21H31ClN2O5S/c1-5-29-18-11-17(22)9-8-15(18)12-23-19(25)16-7-6-10-24(13-16)20(26)21(2,3)14-30(4,27)28/h8-9,11,16H,5-7,10,12-14H2,1-4H3,(H,23,25)/t16-/m1/s1. The quantitative estimate of drug-likeness (QED) is 0.646. The van der Waals surface area contributed by atoms with E-state index < -0.39 is 15.3 Å². The molecule has 1 aliphatic rings. The Morgan fingerprint density at radius 3 is 2.67 bits per heavy atom. The molecule has 0 aromatic heterocycles. The van der Waals surface area contributed by atoms with Crippen LogP contribution in [-0.2, 0) is 26.0 Å². The SMILES string of the molecule is CCOc1cc(Cl)ccc1CNC(=O)[C@@H]1CCCN(C(=O)C(C)(C)CS(C)(=O)=O)C1. The maximum absolute atomic E-state index is 12.9. The zero-order valence-corrected chi connectivity index (χ0v) is 19.6. The minimum absolute atomic E-state index is 0.134. The normalized spacial score (nSPS) is 17.5. The highest BCUT2D eigenvalue weighted by Gasteiger charge is 2.38. The first-order chi connectivity index (χ1) is 13.9. The van der Waals surface area contributed by atoms with Crippen molar-refractivity contribution in [2.45, 2.75) is 40.2 Å². The van der Waals surface area contributed by atoms with Gasteiger partial charge in [0.05, 0.1) is 23.7 Å². The van der Waals surface area contributed by atoms with E-state index >= 15 is 0 Å². The summed E-state index contributed by atoms with van der Waals surface area (Å²) in [5.41, 5.74) is -0.200. The van der Waals surface area contributed by atoms with E-state index in [-0.39, 0.29) is 30.0 Å². The molecule has 0 saturated carbocycles. The first kappa shape index (κ1) is 24.5. The third-order valence-electron chi connectivity index (χ3n) is 5.06. The molecule has 1 heterocycles. The molecule has 0 bridgehead atoms. The molecule has 30 heavy (non-hydrogen) atoms. The van der Waals surface area contributed by atoms with Gasteiger partial charge in [-0.1, -0.05) is 31.5 Å². The van der Waals surface area contributed by atoms with Gasteiger partial charge in [-0.3, -0.25) is 9.59 Å². The van der Waals surface area contributed by atoms with Gasteiger partial charge in [0, 0.05) is 36.5 Å². The van der Waals surface area contributed by atoms with Gasteiger partial charge in [-0.2, -0.15) is 0 Å². The lowest BCUT2D eigenvalue weighted by atomic mass is 9.90. The fourth-order valence-corrected chi connectivity index (χ4v) is 5.41. The molecule has 7 nitrogen and oxygen atoms in total. The predicted molar refractivity (Wildman–Crippen MR) is 117 cm³/mol. The number of benzene rings is 1. The number of carbonyl (C=O) groups is 2. The van der Waals surface area contributed by atoms with Gasteiger partial charge in [-0.25, -0.2) is 8.42 Å². The molecule has 1 fully saturated rings. The number of rotatable bonds is 8. The second-order valence-corrected chi connectivity index (χ2v) is 11.0. The van der Waals surface area contributed by atoms with Crippen molar-refractivity contribution < 1.29 is 22.7 Å². The van der Waals surface area contributed by atoms with Crippen LogP contribution in [0.2, 0.25) is 5.02 Å². The fourth-order valence-electron chi connectivity index (χ4n) is 3.81. The van der Waals surface area contributed by atoms with Gasteiger partial charge in [-0.15, -0.1) is 0 Å². The van der Waals surface area contributed by atoms with Crippen molar-refractivity contribution in [3.8, 4) is 5.75 Å². The van der Waals surface area contributed by atoms with E-state index in [1.54, 1.807) is 30.9 Å². The fraction of sp³-hybridized carbons (Fsp3) is 0.619. The van der Waals surface area contributed by atoms with Gasteiger partial charge in [0.25, 0.3) is 0 Å². The molecule has 1 aromatic rings. The van der Waals surface area contributed by atoms with E-state index in [2.05, 4.69) is 5.32 Å². The lowest BCUT2D eigenvalue weighted by Gasteiger charge is -2.37. The molecule has 1 aliphatic heterocycles. The number of sulfone groups is 1. The molecule has 0 radical (unpaired) electrons. The monoisotopic (exact) mass is 458 g/mol. The molecule has 0 aliphatic carbocycles. The van der Waals surface area contributed by atoms with Crippen molar-refractivity contribution in [2.24, 2.45) is 11.3 Å². The average molecular weight is 459 g/mol. The first-order valence-corrected chi connectivity index (χ1v) is 12.5. The number of piperidine rings is 1. The van der Waals surface area contributed by atoms with E-state index in [9.17, 15) is 18.0 Å². The highest BCUT2D eigenvalue weighted by atomic mass is 35.5. The summed E-state index contributed by atoms with van der Waals surface area (Å²) in [4.78, 5) is 27.3. The molecular weight excluding hydrogens is 428 g/mol. The van der Waals surface area contributed by atoms with Crippen molar-refractivity contribution in [1.82, 2.24) is 10.2 Å². The minimum atomic E-state index is -3.29. The van der Waals surface area contributed by atoms with Crippen molar-refractivity contribution in [3.63, 3.8) is 0 Å². The Bertz CT molecular complexity index is 885. The lowest BCUT2D eigenvalue weighted by molar-refractivity contribution is -0.142. The number of amides is 2. The molecule has 0 unspecified atom stereocenters. The van der Waals surface area contributed by atoms with Crippen molar-refractivity contribution in [1.29, 1.82) is 0 Å². The van der Waals surface area contributed by atoms with Crippen LogP contribution in [0.1, 0.15) is 39.2 Å². The Morgan fingerprint density at radius 2 is 2.03 bits per heavy atom. The molecule has 1 aromatic carbocycles. The maximum atomic E-state index is 12.9. The molecule has 168 valence electrons. The number of carbonyl (C=O) groups excluding carboxylic acids is 2. The highest BCUT2D eigenvalue weighted by Crippen LogP contribution is 2.27. The Kier molecular flexibility index (Phi) is 8.16. The van der Waals surface area contributed by atoms with Crippen LogP contribution in [0, 0.1) is 11.3 Å². The van der Waals surface area contributed by atoms with Gasteiger partial charge >= 0.3 is 0 Å². The summed E-state index contributed by atoms with van der Waals surface area (Å²) < 4.78 is 28.9. The van der Waals surface area contributed by atoms with E-state index in [1.807, 2.05) is 13.0 Å². The van der Waals surface area contributed by atoms with Gasteiger partial charge in [-0.05, 0) is 31.9 Å². The minimum Gasteiger partial charge on any atom is -0.493 e. The number of hydrogen-bond donors (Lipinski definition) is 1. The number of halogens is 1. The van der Waals surface area contributed by atoms with Crippen molar-refractivity contribution in [2.75, 3.05) is 31.7 Å². The van der Waals surface area contributed by atoms with Crippen LogP contribution in [0.25, 0.3) is 0 Å². The maximum Gasteiger partial charge on any atom is 0.229 e. The largest absolute Gasteiger partial charge is 0.493 e. The summed E-state index contributed by atoms with van der Waals surface area (Å²) >= 11 is 6.02. The van der Waals surface area contributed by atoms with Crippen molar-refractivity contribution >= 4 is 33.3 Å². The van der Waals surface area contributed by atoms with E-state index in [1.165, 1.54) is 0 Å². The van der Waals surface area contributed by atoms with E-state index in [4.69, 9.17) is 16.3 Å². The van der Waals surface area contributed by atoms with Crippen LogP contribution in [-0.4, -0.2) is 56.8 Å². The van der Waals surface area contributed by atoms with Gasteiger partial charge in [0.1, 0.15) is 15.6 Å². The third kappa shape index (κ3) is 6.87. The van der Waals surface area contributed by atoms with Gasteiger partial charge in [0.2, 0.25) is 11.8 Å². The second-order valence-electron chi connectivity index (χ2n) is 8.45. The number of likely N-dealkylation sites (tertiary alicyclic amines) is 1. The molecule has 9 heteroatoms. The predicted octanol–water partition coefficient (Wildman–Crippen LogP) is 2.66. The first-order valence-electron chi connectivity index (χ1n) is 10.1. The molecule has 2 amide bonds. The topological polar surface area (TPSA) is 92.8 Å². The Labute approximate surface area is 184 Å². The molecule has 1 saturated heterocycles. The third-order valence-corrected chi connectivity index (χ3v) is 6.54. The van der Waals surface area contributed by atoms with E-state index in [0.717, 1.165) is 11.8 Å². The number of nitrogens with zero attached hydrogens (tertiary/aromatic N) is 1. The number of hydrogen-bond acceptors (Lipinski definition) is 5. The lowest BCUT2D eigenvalue weighted by Crippen LogP contribution is -2.50. The van der Waals surface area contributed by atoms with Crippen LogP contribution < -0.4 is 10.1 Å². The summed E-state index contributed by atoms with van der Waals surface area (Å²) in [5.74, 6) is -0.288. The van der Waals surface area contributed by atoms with Crippen LogP contribution in [0.4, 0.5) is 0 Å². The highest BCUT2D eigenvalue weighted by molar-refractivity contribution is 7.90. The Hall–Kier alpha value is -1.80. The number of ether oxygens (including phenoxy) is 1. The zero-order chi connectivity index (χ0) is 22.5. The smallest absolute Gasteiger partial charge is 0.229 e. The van der Waals surface area contributed by atoms with Crippen LogP contribution in [0.3, 0.4) is 0 Å². The molecular formula is C21H31ClN2O5S. The van der Waals surface area contributed by atoms with E-state index in [0.29, 0.717) is 43.3 Å². The summed E-state index contributed by atoms with van der Waals surface area (Å²) in [6.07, 6.45) is 2.51.